The second-order valence-electron chi connectivity index (χ2n) is 8.76. The Labute approximate surface area is 189 Å². The zero-order chi connectivity index (χ0) is 23.1. The average Bonchev–Trinajstić information content (AvgIpc) is 3.43. The largest absolute Gasteiger partial charge is 0.376 e. The molecule has 0 aliphatic carbocycles. The molecule has 1 N–H and O–H groups in total. The molecule has 0 saturated carbocycles. The van der Waals surface area contributed by atoms with E-state index in [0.717, 1.165) is 29.7 Å². The smallest absolute Gasteiger partial charge is 0.244 e. The van der Waals surface area contributed by atoms with Crippen molar-refractivity contribution in [2.24, 2.45) is 0 Å². The van der Waals surface area contributed by atoms with Crippen molar-refractivity contribution in [2.45, 2.75) is 71.8 Å². The van der Waals surface area contributed by atoms with E-state index in [1.54, 1.807) is 4.90 Å². The predicted octanol–water partition coefficient (Wildman–Crippen LogP) is 3.78. The molecule has 1 aromatic heterocycles. The van der Waals surface area contributed by atoms with Crippen LogP contribution >= 0.6 is 0 Å². The number of carbonyl (C=O) groups excluding carboxylic acids is 2. The minimum absolute atomic E-state index is 0.00410. The van der Waals surface area contributed by atoms with E-state index in [0.29, 0.717) is 44.1 Å². The van der Waals surface area contributed by atoms with Gasteiger partial charge in [0, 0.05) is 37.6 Å². The molecule has 1 fully saturated rings. The molecule has 0 spiro atoms. The molecule has 2 amide bonds. The van der Waals surface area contributed by atoms with E-state index >= 15 is 0 Å². The van der Waals surface area contributed by atoms with Crippen LogP contribution in [-0.4, -0.2) is 52.7 Å². The molecule has 174 valence electrons. The van der Waals surface area contributed by atoms with E-state index in [4.69, 9.17) is 9.26 Å². The maximum atomic E-state index is 13.0. The van der Waals surface area contributed by atoms with Gasteiger partial charge >= 0.3 is 0 Å². The summed E-state index contributed by atoms with van der Waals surface area (Å²) in [4.78, 5) is 31.7. The van der Waals surface area contributed by atoms with Gasteiger partial charge in [-0.25, -0.2) is 0 Å². The number of aromatic nitrogens is 2. The lowest BCUT2D eigenvalue weighted by Gasteiger charge is -2.25. The fourth-order valence-corrected chi connectivity index (χ4v) is 3.69. The molecule has 1 atom stereocenters. The lowest BCUT2D eigenvalue weighted by molar-refractivity contribution is -0.136. The molecule has 8 heteroatoms. The number of hydrogen-bond donors (Lipinski definition) is 1. The van der Waals surface area contributed by atoms with Crippen LogP contribution in [0.4, 0.5) is 5.69 Å². The lowest BCUT2D eigenvalue weighted by Crippen LogP contribution is -2.42. The molecule has 1 unspecified atom stereocenters. The monoisotopic (exact) mass is 442 g/mol. The van der Waals surface area contributed by atoms with E-state index in [2.05, 4.69) is 15.5 Å². The van der Waals surface area contributed by atoms with E-state index in [-0.39, 0.29) is 30.4 Å². The van der Waals surface area contributed by atoms with Gasteiger partial charge < -0.3 is 19.5 Å². The van der Waals surface area contributed by atoms with Gasteiger partial charge in [-0.05, 0) is 50.3 Å². The van der Waals surface area contributed by atoms with Crippen LogP contribution in [0.1, 0.15) is 68.3 Å². The van der Waals surface area contributed by atoms with Crippen molar-refractivity contribution in [3.05, 3.63) is 41.0 Å². The zero-order valence-corrected chi connectivity index (χ0v) is 19.5. The summed E-state index contributed by atoms with van der Waals surface area (Å²) >= 11 is 0. The number of ether oxygens (including phenoxy) is 1. The van der Waals surface area contributed by atoms with Crippen LogP contribution in [0.3, 0.4) is 0 Å². The van der Waals surface area contributed by atoms with Gasteiger partial charge in [-0.1, -0.05) is 31.1 Å². The van der Waals surface area contributed by atoms with Crippen molar-refractivity contribution >= 4 is 17.5 Å². The minimum Gasteiger partial charge on any atom is -0.376 e. The molecule has 2 aromatic rings. The van der Waals surface area contributed by atoms with Crippen LogP contribution in [-0.2, 0) is 20.7 Å². The number of nitrogens with zero attached hydrogens (tertiary/aromatic N) is 3. The fourth-order valence-electron chi connectivity index (χ4n) is 3.69. The Morgan fingerprint density at radius 1 is 1.28 bits per heavy atom. The second-order valence-corrected chi connectivity index (χ2v) is 8.76. The number of hydrogen-bond acceptors (Lipinski definition) is 6. The molecule has 0 radical (unpaired) electrons. The molecule has 3 rings (SSSR count). The standard InChI is InChI=1S/C24H34N4O4/c1-16(2)24-26-22(32-27-24)11-6-12-23(30)28(14-19-9-7-13-31-19)15-21(29)25-20-10-5-8-17(3)18(20)4/h5,8,10,16,19H,6-7,9,11-15H2,1-4H3,(H,25,29). The summed E-state index contributed by atoms with van der Waals surface area (Å²) in [6.07, 6.45) is 3.30. The van der Waals surface area contributed by atoms with Gasteiger partial charge in [0.05, 0.1) is 12.6 Å². The van der Waals surface area contributed by atoms with Crippen LogP contribution in [0.2, 0.25) is 0 Å². The van der Waals surface area contributed by atoms with E-state index < -0.39 is 0 Å². The summed E-state index contributed by atoms with van der Waals surface area (Å²) < 4.78 is 11.0. The summed E-state index contributed by atoms with van der Waals surface area (Å²) in [6.45, 7) is 9.13. The fraction of sp³-hybridized carbons (Fsp3) is 0.583. The Kier molecular flexibility index (Phi) is 8.39. The highest BCUT2D eigenvalue weighted by molar-refractivity contribution is 5.95. The number of amides is 2. The quantitative estimate of drug-likeness (QED) is 0.601. The molecule has 1 saturated heterocycles. The first-order valence-corrected chi connectivity index (χ1v) is 11.4. The van der Waals surface area contributed by atoms with Crippen LogP contribution < -0.4 is 5.32 Å². The molecular formula is C24H34N4O4. The van der Waals surface area contributed by atoms with Crippen molar-refractivity contribution < 1.29 is 18.8 Å². The minimum atomic E-state index is -0.205. The topological polar surface area (TPSA) is 97.6 Å². The average molecular weight is 443 g/mol. The third kappa shape index (κ3) is 6.63. The number of rotatable bonds is 10. The van der Waals surface area contributed by atoms with Gasteiger partial charge in [-0.3, -0.25) is 9.59 Å². The summed E-state index contributed by atoms with van der Waals surface area (Å²) in [7, 11) is 0. The summed E-state index contributed by atoms with van der Waals surface area (Å²) in [5.74, 6) is 1.14. The molecule has 32 heavy (non-hydrogen) atoms. The first-order valence-electron chi connectivity index (χ1n) is 11.4. The lowest BCUT2D eigenvalue weighted by atomic mass is 10.1. The van der Waals surface area contributed by atoms with Gasteiger partial charge in [0.1, 0.15) is 0 Å². The van der Waals surface area contributed by atoms with Crippen LogP contribution in [0, 0.1) is 13.8 Å². The zero-order valence-electron chi connectivity index (χ0n) is 19.5. The SMILES string of the molecule is Cc1cccc(NC(=O)CN(CC2CCCO2)C(=O)CCCc2nc(C(C)C)no2)c1C. The highest BCUT2D eigenvalue weighted by atomic mass is 16.5. The normalized spacial score (nSPS) is 15.8. The maximum Gasteiger partial charge on any atom is 0.244 e. The second kappa shape index (κ2) is 11.2. The van der Waals surface area contributed by atoms with E-state index in [1.165, 1.54) is 0 Å². The molecule has 2 heterocycles. The first-order chi connectivity index (χ1) is 15.3. The van der Waals surface area contributed by atoms with Gasteiger partial charge in [0.25, 0.3) is 0 Å². The van der Waals surface area contributed by atoms with Crippen molar-refractivity contribution in [1.29, 1.82) is 0 Å². The number of benzene rings is 1. The van der Waals surface area contributed by atoms with Crippen molar-refractivity contribution in [1.82, 2.24) is 15.0 Å². The van der Waals surface area contributed by atoms with Gasteiger partial charge in [-0.2, -0.15) is 4.98 Å². The first kappa shape index (κ1) is 23.9. The van der Waals surface area contributed by atoms with Crippen molar-refractivity contribution in [3.8, 4) is 0 Å². The van der Waals surface area contributed by atoms with Crippen LogP contribution in [0.15, 0.2) is 22.7 Å². The van der Waals surface area contributed by atoms with Crippen molar-refractivity contribution in [2.75, 3.05) is 25.0 Å². The Morgan fingerprint density at radius 2 is 2.09 bits per heavy atom. The van der Waals surface area contributed by atoms with E-state index in [9.17, 15) is 9.59 Å². The molecule has 1 aromatic carbocycles. The molecule has 1 aliphatic heterocycles. The Hall–Kier alpha value is -2.74. The number of aryl methyl sites for hydroxylation is 2. The predicted molar refractivity (Wildman–Crippen MR) is 121 cm³/mol. The molecular weight excluding hydrogens is 408 g/mol. The van der Waals surface area contributed by atoms with Gasteiger partial charge in [-0.15, -0.1) is 0 Å². The Balaban J connectivity index is 1.57. The van der Waals surface area contributed by atoms with E-state index in [1.807, 2.05) is 45.9 Å². The number of carbonyl (C=O) groups is 2. The molecule has 8 nitrogen and oxygen atoms in total. The van der Waals surface area contributed by atoms with Gasteiger partial charge in [0.2, 0.25) is 17.7 Å². The van der Waals surface area contributed by atoms with Crippen LogP contribution in [0.5, 0.6) is 0 Å². The highest BCUT2D eigenvalue weighted by Crippen LogP contribution is 2.19. The molecule has 1 aliphatic rings. The molecule has 0 bridgehead atoms. The van der Waals surface area contributed by atoms with Crippen molar-refractivity contribution in [3.63, 3.8) is 0 Å². The summed E-state index contributed by atoms with van der Waals surface area (Å²) in [6, 6.07) is 5.80. The van der Waals surface area contributed by atoms with Gasteiger partial charge in [0.15, 0.2) is 5.82 Å². The Bertz CT molecular complexity index is 918. The maximum absolute atomic E-state index is 13.0. The highest BCUT2D eigenvalue weighted by Gasteiger charge is 2.24. The third-order valence-electron chi connectivity index (χ3n) is 5.80. The van der Waals surface area contributed by atoms with Crippen LogP contribution in [0.25, 0.3) is 0 Å². The summed E-state index contributed by atoms with van der Waals surface area (Å²) in [5.41, 5.74) is 2.91. The Morgan fingerprint density at radius 3 is 2.78 bits per heavy atom. The summed E-state index contributed by atoms with van der Waals surface area (Å²) in [5, 5.41) is 6.91. The number of nitrogens with one attached hydrogen (secondary N) is 1. The number of anilines is 1. The third-order valence-corrected chi connectivity index (χ3v) is 5.80.